The molecule has 1 amide bonds. The molecule has 2 N–H and O–H groups in total. The van der Waals surface area contributed by atoms with Gasteiger partial charge in [0.2, 0.25) is 5.91 Å². The summed E-state index contributed by atoms with van der Waals surface area (Å²) in [4.78, 5) is 11.3. The van der Waals surface area contributed by atoms with Crippen molar-refractivity contribution < 1.29 is 4.79 Å². The third kappa shape index (κ3) is 3.49. The molecular formula is C16H29NO. The fourth-order valence-electron chi connectivity index (χ4n) is 4.19. The zero-order valence-corrected chi connectivity index (χ0v) is 11.9. The van der Waals surface area contributed by atoms with Crippen LogP contribution in [0, 0.1) is 23.7 Å². The van der Waals surface area contributed by atoms with Gasteiger partial charge >= 0.3 is 0 Å². The van der Waals surface area contributed by atoms with E-state index >= 15 is 0 Å². The molecule has 104 valence electrons. The summed E-state index contributed by atoms with van der Waals surface area (Å²) in [6, 6.07) is 0. The quantitative estimate of drug-likeness (QED) is 0.740. The maximum Gasteiger partial charge on any atom is 0.220 e. The highest BCUT2D eigenvalue weighted by atomic mass is 16.1. The Balaban J connectivity index is 1.77. The molecule has 2 aliphatic rings. The molecule has 2 rings (SSSR count). The van der Waals surface area contributed by atoms with E-state index < -0.39 is 0 Å². The molecule has 2 saturated carbocycles. The predicted octanol–water partition coefficient (Wildman–Crippen LogP) is 3.88. The summed E-state index contributed by atoms with van der Waals surface area (Å²) in [5.74, 6) is 2.81. The summed E-state index contributed by atoms with van der Waals surface area (Å²) in [7, 11) is 0. The smallest absolute Gasteiger partial charge is 0.220 e. The Hall–Kier alpha value is -0.530. The number of primary amides is 1. The second kappa shape index (κ2) is 6.58. The molecule has 2 aliphatic carbocycles. The van der Waals surface area contributed by atoms with E-state index in [4.69, 9.17) is 5.73 Å². The Kier molecular flexibility index (Phi) is 5.08. The van der Waals surface area contributed by atoms with Gasteiger partial charge in [-0.25, -0.2) is 0 Å². The Morgan fingerprint density at radius 3 is 2.50 bits per heavy atom. The topological polar surface area (TPSA) is 43.1 Å². The van der Waals surface area contributed by atoms with Gasteiger partial charge in [-0.1, -0.05) is 39.0 Å². The lowest BCUT2D eigenvalue weighted by atomic mass is 9.64. The van der Waals surface area contributed by atoms with Crippen LogP contribution in [0.5, 0.6) is 0 Å². The van der Waals surface area contributed by atoms with Gasteiger partial charge in [0, 0.05) is 5.92 Å². The molecule has 0 radical (unpaired) electrons. The van der Waals surface area contributed by atoms with Crippen LogP contribution in [-0.2, 0) is 4.79 Å². The maximum atomic E-state index is 11.3. The Morgan fingerprint density at radius 2 is 1.78 bits per heavy atom. The highest BCUT2D eigenvalue weighted by molar-refractivity contribution is 5.76. The second-order valence-electron chi connectivity index (χ2n) is 6.61. The average Bonchev–Trinajstić information content (AvgIpc) is 2.38. The van der Waals surface area contributed by atoms with Crippen molar-refractivity contribution in [3.63, 3.8) is 0 Å². The zero-order valence-electron chi connectivity index (χ0n) is 11.9. The van der Waals surface area contributed by atoms with Crippen molar-refractivity contribution >= 4 is 5.91 Å². The number of hydrogen-bond donors (Lipinski definition) is 1. The molecule has 0 aromatic rings. The molecule has 0 aromatic carbocycles. The number of unbranched alkanes of at least 4 members (excludes halogenated alkanes) is 2. The van der Waals surface area contributed by atoms with Crippen LogP contribution < -0.4 is 5.73 Å². The summed E-state index contributed by atoms with van der Waals surface area (Å²) < 4.78 is 0. The van der Waals surface area contributed by atoms with Crippen molar-refractivity contribution in [1.29, 1.82) is 0 Å². The van der Waals surface area contributed by atoms with Crippen molar-refractivity contribution in [3.05, 3.63) is 0 Å². The molecule has 18 heavy (non-hydrogen) atoms. The fourth-order valence-corrected chi connectivity index (χ4v) is 4.19. The Morgan fingerprint density at radius 1 is 1.06 bits per heavy atom. The van der Waals surface area contributed by atoms with Gasteiger partial charge in [-0.05, 0) is 49.9 Å². The summed E-state index contributed by atoms with van der Waals surface area (Å²) >= 11 is 0. The minimum atomic E-state index is -0.0569. The van der Waals surface area contributed by atoms with Crippen LogP contribution in [0.25, 0.3) is 0 Å². The monoisotopic (exact) mass is 251 g/mol. The molecule has 2 heteroatoms. The van der Waals surface area contributed by atoms with E-state index in [9.17, 15) is 4.79 Å². The molecule has 0 bridgehead atoms. The van der Waals surface area contributed by atoms with Gasteiger partial charge in [0.15, 0.2) is 0 Å². The first-order chi connectivity index (χ1) is 8.70. The van der Waals surface area contributed by atoms with Gasteiger partial charge in [0.25, 0.3) is 0 Å². The zero-order chi connectivity index (χ0) is 13.0. The van der Waals surface area contributed by atoms with Crippen LogP contribution in [0.3, 0.4) is 0 Å². The van der Waals surface area contributed by atoms with Gasteiger partial charge in [-0.3, -0.25) is 4.79 Å². The van der Waals surface area contributed by atoms with Crippen LogP contribution in [-0.4, -0.2) is 5.91 Å². The van der Waals surface area contributed by atoms with Crippen LogP contribution in [0.4, 0.5) is 0 Å². The van der Waals surface area contributed by atoms with Crippen LogP contribution in [0.2, 0.25) is 0 Å². The van der Waals surface area contributed by atoms with Gasteiger partial charge < -0.3 is 5.73 Å². The summed E-state index contributed by atoms with van der Waals surface area (Å²) in [5.41, 5.74) is 5.46. The lowest BCUT2D eigenvalue weighted by Gasteiger charge is -2.41. The molecule has 0 aromatic heterocycles. The first-order valence-corrected chi connectivity index (χ1v) is 8.00. The lowest BCUT2D eigenvalue weighted by molar-refractivity contribution is -0.124. The first-order valence-electron chi connectivity index (χ1n) is 8.00. The molecule has 0 aliphatic heterocycles. The summed E-state index contributed by atoms with van der Waals surface area (Å²) in [6.45, 7) is 2.28. The number of carbonyl (C=O) groups excluding carboxylic acids is 1. The van der Waals surface area contributed by atoms with Crippen LogP contribution >= 0.6 is 0 Å². The van der Waals surface area contributed by atoms with E-state index in [0.29, 0.717) is 0 Å². The van der Waals surface area contributed by atoms with Gasteiger partial charge in [-0.15, -0.1) is 0 Å². The van der Waals surface area contributed by atoms with Gasteiger partial charge in [0.05, 0.1) is 0 Å². The SMILES string of the molecule is CCCCCC1CCC2C[C@H](C(N)=O)CC[C@H]2C1. The lowest BCUT2D eigenvalue weighted by Crippen LogP contribution is -2.36. The van der Waals surface area contributed by atoms with E-state index in [1.54, 1.807) is 0 Å². The van der Waals surface area contributed by atoms with Gasteiger partial charge in [0.1, 0.15) is 0 Å². The minimum Gasteiger partial charge on any atom is -0.369 e. The number of carbonyl (C=O) groups is 1. The highest BCUT2D eigenvalue weighted by Crippen LogP contribution is 2.45. The van der Waals surface area contributed by atoms with Crippen molar-refractivity contribution in [3.8, 4) is 0 Å². The molecule has 2 nitrogen and oxygen atoms in total. The standard InChI is InChI=1S/C16H29NO/c1-2-3-4-5-12-6-7-14-11-15(16(17)18)9-8-13(14)10-12/h12-15H,2-11H2,1H3,(H2,17,18)/t12?,13-,14?,15+/m0/s1. The summed E-state index contributed by atoms with van der Waals surface area (Å²) in [5, 5.41) is 0. The van der Waals surface area contributed by atoms with E-state index in [1.807, 2.05) is 0 Å². The van der Waals surface area contributed by atoms with E-state index in [2.05, 4.69) is 6.92 Å². The Bertz CT molecular complexity index is 276. The normalized spacial score (nSPS) is 36.1. The summed E-state index contributed by atoms with van der Waals surface area (Å²) in [6.07, 6.45) is 13.2. The first kappa shape index (κ1) is 13.9. The predicted molar refractivity (Wildman–Crippen MR) is 75.0 cm³/mol. The highest BCUT2D eigenvalue weighted by Gasteiger charge is 2.36. The molecule has 0 spiro atoms. The average molecular weight is 251 g/mol. The molecule has 0 saturated heterocycles. The number of nitrogens with two attached hydrogens (primary N) is 1. The molecular weight excluding hydrogens is 222 g/mol. The van der Waals surface area contributed by atoms with E-state index in [0.717, 1.165) is 30.6 Å². The van der Waals surface area contributed by atoms with E-state index in [1.165, 1.54) is 51.4 Å². The second-order valence-corrected chi connectivity index (χ2v) is 6.61. The Labute approximate surface area is 112 Å². The molecule has 2 unspecified atom stereocenters. The number of rotatable bonds is 5. The van der Waals surface area contributed by atoms with Crippen LogP contribution in [0.1, 0.15) is 71.1 Å². The molecule has 0 heterocycles. The van der Waals surface area contributed by atoms with Crippen molar-refractivity contribution in [2.45, 2.75) is 71.1 Å². The third-order valence-electron chi connectivity index (χ3n) is 5.34. The fraction of sp³-hybridized carbons (Fsp3) is 0.938. The third-order valence-corrected chi connectivity index (χ3v) is 5.34. The van der Waals surface area contributed by atoms with Crippen molar-refractivity contribution in [2.24, 2.45) is 29.4 Å². The number of fused-ring (bicyclic) bond motifs is 1. The number of amides is 1. The largest absolute Gasteiger partial charge is 0.369 e. The van der Waals surface area contributed by atoms with Crippen molar-refractivity contribution in [2.75, 3.05) is 0 Å². The van der Waals surface area contributed by atoms with E-state index in [-0.39, 0.29) is 11.8 Å². The molecule has 2 fully saturated rings. The minimum absolute atomic E-state index is 0.0569. The van der Waals surface area contributed by atoms with Gasteiger partial charge in [-0.2, -0.15) is 0 Å². The van der Waals surface area contributed by atoms with Crippen molar-refractivity contribution in [1.82, 2.24) is 0 Å². The number of hydrogen-bond acceptors (Lipinski definition) is 1. The van der Waals surface area contributed by atoms with Crippen LogP contribution in [0.15, 0.2) is 0 Å². The maximum absolute atomic E-state index is 11.3. The molecule has 4 atom stereocenters.